The van der Waals surface area contributed by atoms with Crippen LogP contribution < -0.4 is 0 Å². The van der Waals surface area contributed by atoms with Gasteiger partial charge in [0.25, 0.3) is 0 Å². The quantitative estimate of drug-likeness (QED) is 0.852. The molecule has 1 aromatic rings. The monoisotopic (exact) mass is 330 g/mol. The van der Waals surface area contributed by atoms with Crippen LogP contribution in [0.15, 0.2) is 27.6 Å². The molecule has 1 atom stereocenters. The van der Waals surface area contributed by atoms with Crippen molar-refractivity contribution in [2.24, 2.45) is 0 Å². The molecule has 0 spiro atoms. The largest absolute Gasteiger partial charge is 0.243 e. The van der Waals surface area contributed by atoms with Gasteiger partial charge in [-0.1, -0.05) is 15.9 Å². The van der Waals surface area contributed by atoms with Crippen LogP contribution in [0.1, 0.15) is 18.9 Å². The second-order valence-corrected chi connectivity index (χ2v) is 7.11. The van der Waals surface area contributed by atoms with E-state index in [1.54, 1.807) is 19.1 Å². The summed E-state index contributed by atoms with van der Waals surface area (Å²) in [5.74, 6) is 0. The Bertz CT molecular complexity index is 558. The van der Waals surface area contributed by atoms with Crippen LogP contribution in [0.5, 0.6) is 0 Å². The molecule has 0 aliphatic heterocycles. The highest BCUT2D eigenvalue weighted by Gasteiger charge is 2.25. The van der Waals surface area contributed by atoms with Gasteiger partial charge in [0.15, 0.2) is 0 Å². The molecular weight excluding hydrogens is 316 g/mol. The van der Waals surface area contributed by atoms with Gasteiger partial charge in [-0.2, -0.15) is 9.57 Å². The molecule has 0 saturated heterocycles. The maximum absolute atomic E-state index is 12.3. The molecule has 0 heterocycles. The zero-order valence-corrected chi connectivity index (χ0v) is 12.9. The zero-order valence-electron chi connectivity index (χ0n) is 10.5. The highest BCUT2D eigenvalue weighted by molar-refractivity contribution is 9.10. The van der Waals surface area contributed by atoms with E-state index in [4.69, 9.17) is 5.26 Å². The van der Waals surface area contributed by atoms with E-state index in [0.717, 1.165) is 10.0 Å². The summed E-state index contributed by atoms with van der Waals surface area (Å²) in [5.41, 5.74) is 0.865. The maximum atomic E-state index is 12.3. The van der Waals surface area contributed by atoms with Crippen molar-refractivity contribution in [2.45, 2.75) is 31.2 Å². The lowest BCUT2D eigenvalue weighted by molar-refractivity contribution is 0.393. The highest BCUT2D eigenvalue weighted by Crippen LogP contribution is 2.23. The number of hydrogen-bond acceptors (Lipinski definition) is 3. The van der Waals surface area contributed by atoms with Crippen molar-refractivity contribution in [3.05, 3.63) is 28.2 Å². The van der Waals surface area contributed by atoms with Crippen LogP contribution in [0.4, 0.5) is 0 Å². The zero-order chi connectivity index (χ0) is 13.9. The molecule has 0 fully saturated rings. The van der Waals surface area contributed by atoms with Gasteiger partial charge in [-0.05, 0) is 37.6 Å². The van der Waals surface area contributed by atoms with Crippen LogP contribution in [-0.4, -0.2) is 25.8 Å². The Morgan fingerprint density at radius 2 is 2.06 bits per heavy atom. The fourth-order valence-corrected chi connectivity index (χ4v) is 3.77. The van der Waals surface area contributed by atoms with E-state index in [2.05, 4.69) is 15.9 Å². The molecule has 0 unspecified atom stereocenters. The van der Waals surface area contributed by atoms with Gasteiger partial charge >= 0.3 is 0 Å². The van der Waals surface area contributed by atoms with Gasteiger partial charge < -0.3 is 0 Å². The molecule has 1 aromatic carbocycles. The summed E-state index contributed by atoms with van der Waals surface area (Å²) in [5, 5.41) is 8.63. The third-order valence-corrected chi connectivity index (χ3v) is 5.11. The second-order valence-electron chi connectivity index (χ2n) is 4.20. The van der Waals surface area contributed by atoms with E-state index in [1.165, 1.54) is 11.4 Å². The Hall–Kier alpha value is -0.900. The molecule has 0 aliphatic rings. The first-order chi connectivity index (χ1) is 8.28. The molecule has 0 aliphatic carbocycles. The van der Waals surface area contributed by atoms with Gasteiger partial charge in [-0.25, -0.2) is 8.42 Å². The molecule has 98 valence electrons. The SMILES string of the molecule is Cc1cc(Br)cc(S(=O)(=O)N(C)[C@H](C)CC#N)c1. The fourth-order valence-electron chi connectivity index (χ4n) is 1.52. The molecule has 0 radical (unpaired) electrons. The molecule has 0 saturated carbocycles. The first-order valence-corrected chi connectivity index (χ1v) is 7.64. The third-order valence-electron chi connectivity index (χ3n) is 2.70. The summed E-state index contributed by atoms with van der Waals surface area (Å²) in [4.78, 5) is 0.238. The van der Waals surface area contributed by atoms with Crippen LogP contribution in [0.2, 0.25) is 0 Å². The number of nitrogens with zero attached hydrogens (tertiary/aromatic N) is 2. The molecule has 0 N–H and O–H groups in total. The van der Waals surface area contributed by atoms with Gasteiger partial charge in [0.1, 0.15) is 0 Å². The Kier molecular flexibility index (Phi) is 4.91. The Morgan fingerprint density at radius 1 is 1.44 bits per heavy atom. The lowest BCUT2D eigenvalue weighted by Crippen LogP contribution is -2.34. The maximum Gasteiger partial charge on any atom is 0.243 e. The second kappa shape index (κ2) is 5.83. The molecule has 6 heteroatoms. The first kappa shape index (κ1) is 15.2. The summed E-state index contributed by atoms with van der Waals surface area (Å²) >= 11 is 3.29. The van der Waals surface area contributed by atoms with Gasteiger partial charge in [0.2, 0.25) is 10.0 Å². The van der Waals surface area contributed by atoms with Crippen LogP contribution in [0.25, 0.3) is 0 Å². The van der Waals surface area contributed by atoms with Gasteiger partial charge in [0, 0.05) is 17.6 Å². The number of benzene rings is 1. The number of hydrogen-bond donors (Lipinski definition) is 0. The number of rotatable bonds is 4. The van der Waals surface area contributed by atoms with E-state index in [9.17, 15) is 8.42 Å². The Morgan fingerprint density at radius 3 is 2.56 bits per heavy atom. The standard InChI is InChI=1S/C12H15BrN2O2S/c1-9-6-11(13)8-12(7-9)18(16,17)15(3)10(2)4-5-14/h6-8,10H,4H2,1-3H3/t10-/m1/s1. The minimum atomic E-state index is -3.55. The van der Waals surface area contributed by atoms with Crippen molar-refractivity contribution < 1.29 is 8.42 Å². The van der Waals surface area contributed by atoms with E-state index in [-0.39, 0.29) is 17.4 Å². The summed E-state index contributed by atoms with van der Waals surface area (Å²) in [7, 11) is -2.06. The van der Waals surface area contributed by atoms with E-state index in [0.29, 0.717) is 0 Å². The number of sulfonamides is 1. The molecule has 1 rings (SSSR count). The minimum Gasteiger partial charge on any atom is -0.207 e. The summed E-state index contributed by atoms with van der Waals surface area (Å²) in [6.45, 7) is 3.55. The van der Waals surface area contributed by atoms with E-state index < -0.39 is 10.0 Å². The molecule has 0 bridgehead atoms. The van der Waals surface area contributed by atoms with Crippen molar-refractivity contribution in [3.8, 4) is 6.07 Å². The third kappa shape index (κ3) is 3.31. The summed E-state index contributed by atoms with van der Waals surface area (Å²) in [6, 6.07) is 6.66. The van der Waals surface area contributed by atoms with Gasteiger partial charge in [-0.3, -0.25) is 0 Å². The Balaban J connectivity index is 3.17. The van der Waals surface area contributed by atoms with Crippen molar-refractivity contribution in [1.82, 2.24) is 4.31 Å². The number of aryl methyl sites for hydroxylation is 1. The van der Waals surface area contributed by atoms with Crippen molar-refractivity contribution in [2.75, 3.05) is 7.05 Å². The summed E-state index contributed by atoms with van der Waals surface area (Å²) in [6.07, 6.45) is 0.169. The van der Waals surface area contributed by atoms with E-state index >= 15 is 0 Å². The number of halogens is 1. The van der Waals surface area contributed by atoms with E-state index in [1.807, 2.05) is 19.1 Å². The normalized spacial score (nSPS) is 13.3. The molecule has 4 nitrogen and oxygen atoms in total. The van der Waals surface area contributed by atoms with Crippen LogP contribution >= 0.6 is 15.9 Å². The predicted molar refractivity (Wildman–Crippen MR) is 73.5 cm³/mol. The Labute approximate surface area is 116 Å². The molecular formula is C12H15BrN2O2S. The van der Waals surface area contributed by atoms with Crippen LogP contribution in [0.3, 0.4) is 0 Å². The lowest BCUT2D eigenvalue weighted by atomic mass is 10.2. The number of nitriles is 1. The average molecular weight is 331 g/mol. The highest BCUT2D eigenvalue weighted by atomic mass is 79.9. The fraction of sp³-hybridized carbons (Fsp3) is 0.417. The first-order valence-electron chi connectivity index (χ1n) is 5.41. The van der Waals surface area contributed by atoms with Crippen LogP contribution in [-0.2, 0) is 10.0 Å². The van der Waals surface area contributed by atoms with Crippen molar-refractivity contribution >= 4 is 26.0 Å². The summed E-state index contributed by atoms with van der Waals surface area (Å²) < 4.78 is 26.7. The minimum absolute atomic E-state index is 0.169. The van der Waals surface area contributed by atoms with Crippen molar-refractivity contribution in [1.29, 1.82) is 5.26 Å². The van der Waals surface area contributed by atoms with Crippen LogP contribution in [0, 0.1) is 18.3 Å². The molecule has 18 heavy (non-hydrogen) atoms. The smallest absolute Gasteiger partial charge is 0.207 e. The topological polar surface area (TPSA) is 61.2 Å². The van der Waals surface area contributed by atoms with Gasteiger partial charge in [0.05, 0.1) is 17.4 Å². The predicted octanol–water partition coefficient (Wildman–Crippen LogP) is 2.68. The lowest BCUT2D eigenvalue weighted by Gasteiger charge is -2.22. The average Bonchev–Trinajstić information content (AvgIpc) is 2.27. The van der Waals surface area contributed by atoms with Gasteiger partial charge in [-0.15, -0.1) is 0 Å². The molecule has 0 amide bonds. The molecule has 0 aromatic heterocycles. The van der Waals surface area contributed by atoms with Crippen molar-refractivity contribution in [3.63, 3.8) is 0 Å².